The highest BCUT2D eigenvalue weighted by Crippen LogP contribution is 2.15. The molecule has 0 saturated carbocycles. The van der Waals surface area contributed by atoms with E-state index in [1.54, 1.807) is 24.3 Å². The molecule has 1 heterocycles. The number of carbonyl (C=O) groups is 1. The largest absolute Gasteiger partial charge is 0.324 e. The van der Waals surface area contributed by atoms with Crippen molar-refractivity contribution in [2.45, 2.75) is 6.92 Å². The van der Waals surface area contributed by atoms with E-state index >= 15 is 0 Å². The van der Waals surface area contributed by atoms with Gasteiger partial charge in [0.05, 0.1) is 17.2 Å². The van der Waals surface area contributed by atoms with Gasteiger partial charge in [-0.2, -0.15) is 5.26 Å². The van der Waals surface area contributed by atoms with E-state index in [9.17, 15) is 4.79 Å². The van der Waals surface area contributed by atoms with Gasteiger partial charge in [0.15, 0.2) is 0 Å². The highest BCUT2D eigenvalue weighted by molar-refractivity contribution is 6.04. The second-order valence-corrected chi connectivity index (χ2v) is 5.44. The molecule has 6 heteroatoms. The lowest BCUT2D eigenvalue weighted by Crippen LogP contribution is -2.13. The van der Waals surface area contributed by atoms with Crippen LogP contribution < -0.4 is 10.6 Å². The first-order chi connectivity index (χ1) is 12.1. The fourth-order valence-corrected chi connectivity index (χ4v) is 2.23. The lowest BCUT2D eigenvalue weighted by atomic mass is 10.2. The zero-order chi connectivity index (χ0) is 17.6. The van der Waals surface area contributed by atoms with E-state index in [-0.39, 0.29) is 5.91 Å². The van der Waals surface area contributed by atoms with Crippen LogP contribution in [0, 0.1) is 18.3 Å². The Morgan fingerprint density at radius 2 is 1.76 bits per heavy atom. The molecule has 0 fully saturated rings. The third kappa shape index (κ3) is 4.18. The Hall–Kier alpha value is -3.72. The van der Waals surface area contributed by atoms with Crippen molar-refractivity contribution in [2.24, 2.45) is 0 Å². The molecule has 1 amide bonds. The predicted octanol–water partition coefficient (Wildman–Crippen LogP) is 3.65. The molecule has 0 aliphatic heterocycles. The number of nitrogens with one attached hydrogen (secondary N) is 2. The molecule has 0 atom stereocenters. The number of amides is 1. The summed E-state index contributed by atoms with van der Waals surface area (Å²) in [7, 11) is 0. The Morgan fingerprint density at radius 1 is 1.04 bits per heavy atom. The van der Waals surface area contributed by atoms with Gasteiger partial charge >= 0.3 is 0 Å². The second kappa shape index (κ2) is 7.23. The fourth-order valence-electron chi connectivity index (χ4n) is 2.23. The first-order valence-corrected chi connectivity index (χ1v) is 7.61. The summed E-state index contributed by atoms with van der Waals surface area (Å²) in [5.74, 6) is 0.0748. The van der Waals surface area contributed by atoms with Crippen LogP contribution in [0.25, 0.3) is 0 Å². The minimum Gasteiger partial charge on any atom is -0.324 e. The third-order valence-corrected chi connectivity index (χ3v) is 3.44. The molecular weight excluding hydrogens is 314 g/mol. The molecule has 0 bridgehead atoms. The van der Waals surface area contributed by atoms with Crippen molar-refractivity contribution in [1.29, 1.82) is 5.26 Å². The molecule has 0 saturated heterocycles. The summed E-state index contributed by atoms with van der Waals surface area (Å²) >= 11 is 0. The number of benzene rings is 2. The summed E-state index contributed by atoms with van der Waals surface area (Å²) < 4.78 is 0. The minimum absolute atomic E-state index is 0.331. The molecular formula is C19H15N5O. The normalized spacial score (nSPS) is 9.92. The predicted molar refractivity (Wildman–Crippen MR) is 95.6 cm³/mol. The van der Waals surface area contributed by atoms with Crippen molar-refractivity contribution < 1.29 is 4.79 Å². The number of hydrogen-bond acceptors (Lipinski definition) is 5. The summed E-state index contributed by atoms with van der Waals surface area (Å²) in [6, 6.07) is 16.6. The van der Waals surface area contributed by atoms with Crippen LogP contribution in [0.5, 0.6) is 0 Å². The average molecular weight is 329 g/mol. The first-order valence-electron chi connectivity index (χ1n) is 7.61. The van der Waals surface area contributed by atoms with E-state index < -0.39 is 0 Å². The molecule has 2 N–H and O–H groups in total. The van der Waals surface area contributed by atoms with Crippen LogP contribution in [0.2, 0.25) is 0 Å². The van der Waals surface area contributed by atoms with Crippen molar-refractivity contribution in [3.8, 4) is 6.07 Å². The van der Waals surface area contributed by atoms with Gasteiger partial charge in [0.2, 0.25) is 5.95 Å². The number of carbonyl (C=O) groups excluding carboxylic acids is 1. The molecule has 0 aliphatic carbocycles. The highest BCUT2D eigenvalue weighted by atomic mass is 16.1. The quantitative estimate of drug-likeness (QED) is 0.762. The Labute approximate surface area is 145 Å². The van der Waals surface area contributed by atoms with E-state index in [0.29, 0.717) is 22.8 Å². The maximum absolute atomic E-state index is 12.2. The number of aryl methyl sites for hydroxylation is 1. The molecule has 25 heavy (non-hydrogen) atoms. The summed E-state index contributed by atoms with van der Waals surface area (Å²) in [6.45, 7) is 2.00. The summed E-state index contributed by atoms with van der Waals surface area (Å²) in [5, 5.41) is 14.7. The molecule has 0 spiro atoms. The zero-order valence-electron chi connectivity index (χ0n) is 13.5. The number of aromatic nitrogens is 2. The molecule has 0 aliphatic rings. The smallest absolute Gasteiger partial charge is 0.258 e. The zero-order valence-corrected chi connectivity index (χ0v) is 13.5. The lowest BCUT2D eigenvalue weighted by Gasteiger charge is -2.07. The van der Waals surface area contributed by atoms with Crippen LogP contribution in [0.15, 0.2) is 60.9 Å². The standard InChI is InChI=1S/C19H15N5O/c1-13-4-2-6-16(8-13)24-19-21-11-15(12-22-19)18(25)23-17-7-3-5-14(9-17)10-20/h2-9,11-12H,1H3,(H,23,25)(H,21,22,24). The minimum atomic E-state index is -0.336. The van der Waals surface area contributed by atoms with Gasteiger partial charge in [-0.3, -0.25) is 4.79 Å². The van der Waals surface area contributed by atoms with Crippen molar-refractivity contribution in [1.82, 2.24) is 9.97 Å². The van der Waals surface area contributed by atoms with Crippen LogP contribution in [0.3, 0.4) is 0 Å². The van der Waals surface area contributed by atoms with Gasteiger partial charge < -0.3 is 10.6 Å². The van der Waals surface area contributed by atoms with Gasteiger partial charge in [0.1, 0.15) is 0 Å². The van der Waals surface area contributed by atoms with Gasteiger partial charge in [-0.05, 0) is 42.8 Å². The van der Waals surface area contributed by atoms with Gasteiger partial charge in [-0.1, -0.05) is 18.2 Å². The summed E-state index contributed by atoms with van der Waals surface area (Å²) in [6.07, 6.45) is 2.91. The highest BCUT2D eigenvalue weighted by Gasteiger charge is 2.08. The van der Waals surface area contributed by atoms with E-state index in [4.69, 9.17) is 5.26 Å². The van der Waals surface area contributed by atoms with Gasteiger partial charge in [0, 0.05) is 23.8 Å². The molecule has 6 nitrogen and oxygen atoms in total. The Morgan fingerprint density at radius 3 is 2.48 bits per heavy atom. The van der Waals surface area contributed by atoms with Crippen molar-refractivity contribution in [3.63, 3.8) is 0 Å². The fraction of sp³-hybridized carbons (Fsp3) is 0.0526. The van der Waals surface area contributed by atoms with Crippen LogP contribution >= 0.6 is 0 Å². The maximum Gasteiger partial charge on any atom is 0.258 e. The van der Waals surface area contributed by atoms with Gasteiger partial charge in [-0.15, -0.1) is 0 Å². The van der Waals surface area contributed by atoms with Crippen LogP contribution in [0.4, 0.5) is 17.3 Å². The number of nitriles is 1. The number of hydrogen-bond donors (Lipinski definition) is 2. The van der Waals surface area contributed by atoms with Gasteiger partial charge in [-0.25, -0.2) is 9.97 Å². The maximum atomic E-state index is 12.2. The van der Waals surface area contributed by atoms with Crippen LogP contribution in [-0.2, 0) is 0 Å². The number of anilines is 3. The molecule has 3 rings (SSSR count). The van der Waals surface area contributed by atoms with Crippen molar-refractivity contribution in [3.05, 3.63) is 77.6 Å². The Kier molecular flexibility index (Phi) is 4.67. The summed E-state index contributed by atoms with van der Waals surface area (Å²) in [5.41, 5.74) is 3.36. The monoisotopic (exact) mass is 329 g/mol. The van der Waals surface area contributed by atoms with Crippen molar-refractivity contribution in [2.75, 3.05) is 10.6 Å². The topological polar surface area (TPSA) is 90.7 Å². The van der Waals surface area contributed by atoms with E-state index in [1.165, 1.54) is 12.4 Å². The summed E-state index contributed by atoms with van der Waals surface area (Å²) in [4.78, 5) is 20.6. The third-order valence-electron chi connectivity index (χ3n) is 3.44. The van der Waals surface area contributed by atoms with Crippen LogP contribution in [-0.4, -0.2) is 15.9 Å². The van der Waals surface area contributed by atoms with Crippen molar-refractivity contribution >= 4 is 23.2 Å². The Bertz CT molecular complexity index is 945. The average Bonchev–Trinajstić information content (AvgIpc) is 2.62. The SMILES string of the molecule is Cc1cccc(Nc2ncc(C(=O)Nc3cccc(C#N)c3)cn2)c1. The Balaban J connectivity index is 1.69. The van der Waals surface area contributed by atoms with Crippen LogP contribution in [0.1, 0.15) is 21.5 Å². The number of nitrogens with zero attached hydrogens (tertiary/aromatic N) is 3. The molecule has 0 unspecified atom stereocenters. The molecule has 0 radical (unpaired) electrons. The van der Waals surface area contributed by atoms with E-state index in [0.717, 1.165) is 11.3 Å². The van der Waals surface area contributed by atoms with E-state index in [2.05, 4.69) is 20.6 Å². The lowest BCUT2D eigenvalue weighted by molar-refractivity contribution is 0.102. The number of rotatable bonds is 4. The molecule has 2 aromatic carbocycles. The van der Waals surface area contributed by atoms with E-state index in [1.807, 2.05) is 37.3 Å². The molecule has 1 aromatic heterocycles. The van der Waals surface area contributed by atoms with Gasteiger partial charge in [0.25, 0.3) is 5.91 Å². The molecule has 122 valence electrons. The second-order valence-electron chi connectivity index (χ2n) is 5.44. The molecule has 3 aromatic rings. The first kappa shape index (κ1) is 16.1.